The average Bonchev–Trinajstić information content (AvgIpc) is 3.38. The largest absolute Gasteiger partial charge is 0.393 e. The molecule has 0 radical (unpaired) electrons. The van der Waals surface area contributed by atoms with E-state index in [1.807, 2.05) is 6.07 Å². The topological polar surface area (TPSA) is 163 Å². The second-order valence-electron chi connectivity index (χ2n) is 8.27. The Bertz CT molecular complexity index is 1280. The molecular weight excluding hydrogens is 528 g/mol. The van der Waals surface area contributed by atoms with Gasteiger partial charge in [0.05, 0.1) is 30.5 Å². The molecule has 0 amide bonds. The number of carbonyl (C=O) groups is 1. The van der Waals surface area contributed by atoms with Gasteiger partial charge in [0.1, 0.15) is 12.0 Å². The van der Waals surface area contributed by atoms with E-state index in [1.165, 1.54) is 12.5 Å². The Morgan fingerprint density at radius 2 is 2.09 bits per heavy atom. The molecule has 3 N–H and O–H groups in total. The Kier molecular flexibility index (Phi) is 7.48. The van der Waals surface area contributed by atoms with Gasteiger partial charge in [-0.2, -0.15) is 13.5 Å². The van der Waals surface area contributed by atoms with Gasteiger partial charge in [0, 0.05) is 35.2 Å². The van der Waals surface area contributed by atoms with Crippen LogP contribution in [-0.4, -0.2) is 56.8 Å². The fourth-order valence-electron chi connectivity index (χ4n) is 4.16. The molecule has 0 unspecified atom stereocenters. The molecule has 3 aromatic heterocycles. The predicted molar refractivity (Wildman–Crippen MR) is 124 cm³/mol. The lowest BCUT2D eigenvalue weighted by Crippen LogP contribution is -2.24. The van der Waals surface area contributed by atoms with Crippen LogP contribution in [-0.2, 0) is 27.5 Å². The minimum atomic E-state index is -4.07. The molecule has 3 heterocycles. The maximum Gasteiger partial charge on any atom is 0.333 e. The van der Waals surface area contributed by atoms with E-state index < -0.39 is 16.4 Å². The van der Waals surface area contributed by atoms with Crippen LogP contribution >= 0.6 is 15.9 Å². The second-order valence-corrected chi connectivity index (χ2v) is 10.4. The molecule has 1 aliphatic rings. The summed E-state index contributed by atoms with van der Waals surface area (Å²) in [6.45, 7) is 0.275. The molecule has 1 fully saturated rings. The highest BCUT2D eigenvalue weighted by molar-refractivity contribution is 9.10. The number of pyridine rings is 1. The minimum absolute atomic E-state index is 0.00730. The Labute approximate surface area is 204 Å². The van der Waals surface area contributed by atoms with Crippen molar-refractivity contribution in [3.63, 3.8) is 0 Å². The number of nitrogens with two attached hydrogens (primary N) is 1. The summed E-state index contributed by atoms with van der Waals surface area (Å²) < 4.78 is 29.3. The fourth-order valence-corrected chi connectivity index (χ4v) is 4.94. The average molecular weight is 551 g/mol. The van der Waals surface area contributed by atoms with Crippen molar-refractivity contribution >= 4 is 32.0 Å². The zero-order valence-corrected chi connectivity index (χ0v) is 20.4. The van der Waals surface area contributed by atoms with E-state index in [0.29, 0.717) is 37.1 Å². The summed E-state index contributed by atoms with van der Waals surface area (Å²) in [7, 11) is -4.07. The fraction of sp³-hybridized carbons (Fsp3) is 0.381. The SMILES string of the molecule is NS(=O)(=O)OC[C@H]1C[C@@H](Cc2ncncc2C(=O)c2ccn(Cc3cncc(Br)c3)n2)C[C@@H]1O. The third kappa shape index (κ3) is 6.30. The van der Waals surface area contributed by atoms with Gasteiger partial charge in [-0.25, -0.2) is 15.1 Å². The zero-order chi connectivity index (χ0) is 24.3. The number of halogens is 1. The van der Waals surface area contributed by atoms with Crippen LogP contribution in [0.4, 0.5) is 0 Å². The molecule has 34 heavy (non-hydrogen) atoms. The molecule has 1 aliphatic carbocycles. The van der Waals surface area contributed by atoms with Gasteiger partial charge in [-0.15, -0.1) is 0 Å². The molecule has 180 valence electrons. The highest BCUT2D eigenvalue weighted by Crippen LogP contribution is 2.34. The lowest BCUT2D eigenvalue weighted by Gasteiger charge is -2.13. The summed E-state index contributed by atoms with van der Waals surface area (Å²) in [4.78, 5) is 25.6. The number of rotatable bonds is 9. The smallest absolute Gasteiger partial charge is 0.333 e. The highest BCUT2D eigenvalue weighted by Gasteiger charge is 2.35. The van der Waals surface area contributed by atoms with Gasteiger partial charge in [-0.05, 0) is 58.8 Å². The summed E-state index contributed by atoms with van der Waals surface area (Å²) in [5.74, 6) is -0.672. The van der Waals surface area contributed by atoms with Crippen LogP contribution in [0.1, 0.15) is 40.2 Å². The molecule has 1 saturated carbocycles. The number of aromatic nitrogens is 5. The van der Waals surface area contributed by atoms with Crippen LogP contribution in [0.3, 0.4) is 0 Å². The van der Waals surface area contributed by atoms with Gasteiger partial charge >= 0.3 is 10.3 Å². The molecule has 3 atom stereocenters. The second kappa shape index (κ2) is 10.4. The first-order valence-corrected chi connectivity index (χ1v) is 12.8. The van der Waals surface area contributed by atoms with Crippen molar-refractivity contribution in [2.75, 3.05) is 6.61 Å². The summed E-state index contributed by atoms with van der Waals surface area (Å²) in [5.41, 5.74) is 2.09. The number of aliphatic hydroxyl groups excluding tert-OH is 1. The molecular formula is C21H23BrN6O5S. The Morgan fingerprint density at radius 3 is 2.85 bits per heavy atom. The van der Waals surface area contributed by atoms with E-state index in [1.54, 1.807) is 29.3 Å². The van der Waals surface area contributed by atoms with Crippen LogP contribution in [0.25, 0.3) is 0 Å². The van der Waals surface area contributed by atoms with E-state index in [0.717, 1.165) is 10.0 Å². The molecule has 13 heteroatoms. The van der Waals surface area contributed by atoms with Crippen molar-refractivity contribution in [3.05, 3.63) is 70.2 Å². The lowest BCUT2D eigenvalue weighted by atomic mass is 9.96. The van der Waals surface area contributed by atoms with E-state index in [4.69, 9.17) is 5.14 Å². The van der Waals surface area contributed by atoms with E-state index in [-0.39, 0.29) is 29.9 Å². The van der Waals surface area contributed by atoms with Gasteiger partial charge in [0.2, 0.25) is 5.78 Å². The van der Waals surface area contributed by atoms with E-state index in [9.17, 15) is 18.3 Å². The summed E-state index contributed by atoms with van der Waals surface area (Å²) in [6.07, 6.45) is 8.64. The number of hydrogen-bond acceptors (Lipinski definition) is 9. The summed E-state index contributed by atoms with van der Waals surface area (Å²) >= 11 is 3.39. The summed E-state index contributed by atoms with van der Waals surface area (Å²) in [5, 5.41) is 19.6. The van der Waals surface area contributed by atoms with Crippen LogP contribution in [0.2, 0.25) is 0 Å². The molecule has 0 aliphatic heterocycles. The van der Waals surface area contributed by atoms with Crippen LogP contribution in [0.5, 0.6) is 0 Å². The standard InChI is InChI=1S/C21H23BrN6O5S/c22-16-4-14(7-24-8-16)10-28-2-1-18(27-28)21(30)17-9-25-12-26-19(17)5-13-3-15(20(29)6-13)11-33-34(23,31)32/h1-2,4,7-9,12-13,15,20,29H,3,5-6,10-11H2,(H2,23,31,32)/t13-,15+,20-/m0/s1. The van der Waals surface area contributed by atoms with Gasteiger partial charge in [0.25, 0.3) is 0 Å². The maximum atomic E-state index is 13.2. The quantitative estimate of drug-likeness (QED) is 0.373. The third-order valence-corrected chi connectivity index (χ3v) is 6.60. The predicted octanol–water partition coefficient (Wildman–Crippen LogP) is 1.26. The van der Waals surface area contributed by atoms with E-state index >= 15 is 0 Å². The van der Waals surface area contributed by atoms with Crippen LogP contribution < -0.4 is 5.14 Å². The number of carbonyl (C=O) groups excluding carboxylic acids is 1. The van der Waals surface area contributed by atoms with Crippen molar-refractivity contribution < 1.29 is 22.5 Å². The van der Waals surface area contributed by atoms with Crippen molar-refractivity contribution in [1.29, 1.82) is 0 Å². The van der Waals surface area contributed by atoms with E-state index in [2.05, 4.69) is 40.2 Å². The van der Waals surface area contributed by atoms with Crippen molar-refractivity contribution in [2.24, 2.45) is 17.0 Å². The van der Waals surface area contributed by atoms with Gasteiger partial charge in [-0.3, -0.25) is 18.6 Å². The van der Waals surface area contributed by atoms with Gasteiger partial charge < -0.3 is 5.11 Å². The Hall–Kier alpha value is -2.58. The zero-order valence-electron chi connectivity index (χ0n) is 18.0. The van der Waals surface area contributed by atoms with Crippen molar-refractivity contribution in [1.82, 2.24) is 24.7 Å². The molecule has 0 aromatic carbocycles. The molecule has 0 saturated heterocycles. The van der Waals surface area contributed by atoms with Crippen LogP contribution in [0.15, 0.2) is 47.7 Å². The third-order valence-electron chi connectivity index (χ3n) is 5.70. The first-order chi connectivity index (χ1) is 16.2. The normalized spacial score (nSPS) is 20.5. The molecule has 0 bridgehead atoms. The summed E-state index contributed by atoms with van der Waals surface area (Å²) in [6, 6.07) is 3.57. The lowest BCUT2D eigenvalue weighted by molar-refractivity contribution is 0.100. The minimum Gasteiger partial charge on any atom is -0.393 e. The van der Waals surface area contributed by atoms with Crippen molar-refractivity contribution in [3.8, 4) is 0 Å². The molecule has 0 spiro atoms. The Balaban J connectivity index is 1.44. The van der Waals surface area contributed by atoms with Gasteiger partial charge in [-0.1, -0.05) is 0 Å². The number of hydrogen-bond donors (Lipinski definition) is 2. The number of ketones is 1. The monoisotopic (exact) mass is 550 g/mol. The van der Waals surface area contributed by atoms with Crippen molar-refractivity contribution in [2.45, 2.75) is 31.9 Å². The number of nitrogens with zero attached hydrogens (tertiary/aromatic N) is 5. The Morgan fingerprint density at radius 1 is 1.26 bits per heavy atom. The molecule has 11 nitrogen and oxygen atoms in total. The highest BCUT2D eigenvalue weighted by atomic mass is 79.9. The maximum absolute atomic E-state index is 13.2. The van der Waals surface area contributed by atoms with Gasteiger partial charge in [0.15, 0.2) is 0 Å². The van der Waals surface area contributed by atoms with Crippen LogP contribution in [0, 0.1) is 11.8 Å². The number of aliphatic hydroxyl groups is 1. The first kappa shape index (κ1) is 24.5. The first-order valence-electron chi connectivity index (χ1n) is 10.5. The molecule has 3 aromatic rings. The molecule has 4 rings (SSSR count).